The molecule has 0 saturated carbocycles. The lowest BCUT2D eigenvalue weighted by atomic mass is 9.99. The number of rotatable bonds is 3. The summed E-state index contributed by atoms with van der Waals surface area (Å²) in [5, 5.41) is 0. The maximum atomic E-state index is 12.4. The Kier molecular flexibility index (Phi) is 5.42. The minimum atomic E-state index is 0.0634. The van der Waals surface area contributed by atoms with Gasteiger partial charge in [-0.1, -0.05) is 31.9 Å². The average molecular weight is 391 g/mol. The van der Waals surface area contributed by atoms with Crippen LogP contribution in [-0.4, -0.2) is 37.6 Å². The van der Waals surface area contributed by atoms with Crippen LogP contribution in [0.5, 0.6) is 0 Å². The van der Waals surface area contributed by atoms with Crippen molar-refractivity contribution < 1.29 is 9.53 Å². The van der Waals surface area contributed by atoms with E-state index in [1.54, 1.807) is 0 Å². The summed E-state index contributed by atoms with van der Waals surface area (Å²) in [6.45, 7) is 2.43. The third kappa shape index (κ3) is 4.29. The molecule has 19 heavy (non-hydrogen) atoms. The minimum absolute atomic E-state index is 0.0634. The fourth-order valence-electron chi connectivity index (χ4n) is 2.30. The van der Waals surface area contributed by atoms with Crippen molar-refractivity contribution in [2.45, 2.75) is 12.8 Å². The number of carbonyl (C=O) groups is 1. The van der Waals surface area contributed by atoms with Crippen LogP contribution in [0, 0.1) is 5.92 Å². The molecule has 0 spiro atoms. The third-order valence-electron chi connectivity index (χ3n) is 3.33. The zero-order valence-electron chi connectivity index (χ0n) is 10.9. The Labute approximate surface area is 130 Å². The van der Waals surface area contributed by atoms with Gasteiger partial charge in [-0.05, 0) is 37.0 Å². The lowest BCUT2D eigenvalue weighted by Crippen LogP contribution is -2.34. The number of halogens is 2. The molecule has 1 aromatic rings. The lowest BCUT2D eigenvalue weighted by Gasteiger charge is -2.27. The largest absolute Gasteiger partial charge is 0.381 e. The molecular formula is C14H17Br2NO2. The summed E-state index contributed by atoms with van der Waals surface area (Å²) in [7, 11) is 1.87. The molecule has 1 saturated heterocycles. The molecule has 0 unspecified atom stereocenters. The molecule has 0 atom stereocenters. The van der Waals surface area contributed by atoms with E-state index in [0.29, 0.717) is 11.5 Å². The van der Waals surface area contributed by atoms with Crippen molar-refractivity contribution in [1.29, 1.82) is 0 Å². The summed E-state index contributed by atoms with van der Waals surface area (Å²) in [4.78, 5) is 14.2. The second-order valence-corrected chi connectivity index (χ2v) is 6.73. The van der Waals surface area contributed by atoms with Crippen molar-refractivity contribution in [2.75, 3.05) is 26.8 Å². The van der Waals surface area contributed by atoms with Crippen LogP contribution in [0.15, 0.2) is 27.1 Å². The van der Waals surface area contributed by atoms with Crippen LogP contribution in [0.4, 0.5) is 0 Å². The summed E-state index contributed by atoms with van der Waals surface area (Å²) in [6.07, 6.45) is 2.08. The smallest absolute Gasteiger partial charge is 0.253 e. The molecule has 5 heteroatoms. The predicted octanol–water partition coefficient (Wildman–Crippen LogP) is 3.71. The fourth-order valence-corrected chi connectivity index (χ4v) is 3.59. The van der Waals surface area contributed by atoms with Gasteiger partial charge < -0.3 is 9.64 Å². The van der Waals surface area contributed by atoms with E-state index < -0.39 is 0 Å². The van der Waals surface area contributed by atoms with Crippen molar-refractivity contribution in [3.63, 3.8) is 0 Å². The maximum Gasteiger partial charge on any atom is 0.253 e. The average Bonchev–Trinajstić information content (AvgIpc) is 2.37. The molecule has 3 nitrogen and oxygen atoms in total. The van der Waals surface area contributed by atoms with Gasteiger partial charge in [0.2, 0.25) is 0 Å². The molecule has 0 radical (unpaired) electrons. The second kappa shape index (κ2) is 6.86. The summed E-state index contributed by atoms with van der Waals surface area (Å²) >= 11 is 6.82. The van der Waals surface area contributed by atoms with Crippen LogP contribution in [-0.2, 0) is 4.74 Å². The minimum Gasteiger partial charge on any atom is -0.381 e. The molecule has 1 amide bonds. The van der Waals surface area contributed by atoms with E-state index in [2.05, 4.69) is 31.9 Å². The topological polar surface area (TPSA) is 29.5 Å². The highest BCUT2D eigenvalue weighted by Gasteiger charge is 2.19. The van der Waals surface area contributed by atoms with Gasteiger partial charge in [-0.3, -0.25) is 4.79 Å². The Morgan fingerprint density at radius 2 is 1.84 bits per heavy atom. The van der Waals surface area contributed by atoms with Gasteiger partial charge in [0.15, 0.2) is 0 Å². The molecule has 1 aliphatic heterocycles. The normalized spacial score (nSPS) is 16.4. The number of hydrogen-bond donors (Lipinski definition) is 0. The maximum absolute atomic E-state index is 12.4. The molecule has 104 valence electrons. The van der Waals surface area contributed by atoms with Gasteiger partial charge in [-0.2, -0.15) is 0 Å². The molecule has 1 fully saturated rings. The van der Waals surface area contributed by atoms with Crippen molar-refractivity contribution in [3.8, 4) is 0 Å². The van der Waals surface area contributed by atoms with Gasteiger partial charge in [0.1, 0.15) is 0 Å². The third-order valence-corrected chi connectivity index (χ3v) is 4.24. The SMILES string of the molecule is CN(CC1CCOCC1)C(=O)c1cc(Br)cc(Br)c1. The fraction of sp³-hybridized carbons (Fsp3) is 0.500. The van der Waals surface area contributed by atoms with Crippen molar-refractivity contribution in [3.05, 3.63) is 32.7 Å². The van der Waals surface area contributed by atoms with E-state index in [0.717, 1.165) is 41.5 Å². The van der Waals surface area contributed by atoms with E-state index in [1.165, 1.54) is 0 Å². The number of carbonyl (C=O) groups excluding carboxylic acids is 1. The van der Waals surface area contributed by atoms with Crippen molar-refractivity contribution in [1.82, 2.24) is 4.90 Å². The van der Waals surface area contributed by atoms with Gasteiger partial charge in [0, 0.05) is 41.3 Å². The first-order valence-corrected chi connectivity index (χ1v) is 7.94. The lowest BCUT2D eigenvalue weighted by molar-refractivity contribution is 0.0497. The first kappa shape index (κ1) is 15.0. The Hall–Kier alpha value is -0.390. The van der Waals surface area contributed by atoms with E-state index in [9.17, 15) is 4.79 Å². The monoisotopic (exact) mass is 389 g/mol. The summed E-state index contributed by atoms with van der Waals surface area (Å²) in [5.41, 5.74) is 0.704. The van der Waals surface area contributed by atoms with E-state index in [4.69, 9.17) is 4.74 Å². The highest BCUT2D eigenvalue weighted by atomic mass is 79.9. The molecule has 1 aromatic carbocycles. The van der Waals surface area contributed by atoms with Crippen LogP contribution in [0.1, 0.15) is 23.2 Å². The van der Waals surface area contributed by atoms with Crippen LogP contribution in [0.3, 0.4) is 0 Å². The predicted molar refractivity (Wildman–Crippen MR) is 82.3 cm³/mol. The zero-order valence-corrected chi connectivity index (χ0v) is 14.0. The molecule has 0 aliphatic carbocycles. The van der Waals surface area contributed by atoms with Gasteiger partial charge in [-0.15, -0.1) is 0 Å². The van der Waals surface area contributed by atoms with Gasteiger partial charge in [0.25, 0.3) is 5.91 Å². The summed E-state index contributed by atoms with van der Waals surface area (Å²) in [5.74, 6) is 0.617. The summed E-state index contributed by atoms with van der Waals surface area (Å²) in [6, 6.07) is 5.64. The highest BCUT2D eigenvalue weighted by molar-refractivity contribution is 9.11. The number of benzene rings is 1. The Morgan fingerprint density at radius 1 is 1.26 bits per heavy atom. The van der Waals surface area contributed by atoms with Crippen molar-refractivity contribution in [2.24, 2.45) is 5.92 Å². The number of hydrogen-bond acceptors (Lipinski definition) is 2. The van der Waals surface area contributed by atoms with Crippen LogP contribution >= 0.6 is 31.9 Å². The quantitative estimate of drug-likeness (QED) is 0.787. The first-order valence-electron chi connectivity index (χ1n) is 6.35. The standard InChI is InChI=1S/C14H17Br2NO2/c1-17(9-10-2-4-19-5-3-10)14(18)11-6-12(15)8-13(16)7-11/h6-8,10H,2-5,9H2,1H3. The van der Waals surface area contributed by atoms with Gasteiger partial charge >= 0.3 is 0 Å². The molecule has 2 rings (SSSR count). The Balaban J connectivity index is 2.01. The number of ether oxygens (including phenoxy) is 1. The number of nitrogens with zero attached hydrogens (tertiary/aromatic N) is 1. The van der Waals surface area contributed by atoms with Gasteiger partial charge in [0.05, 0.1) is 0 Å². The van der Waals surface area contributed by atoms with E-state index in [1.807, 2.05) is 30.1 Å². The van der Waals surface area contributed by atoms with Crippen LogP contribution in [0.2, 0.25) is 0 Å². The molecular weight excluding hydrogens is 374 g/mol. The van der Waals surface area contributed by atoms with Gasteiger partial charge in [-0.25, -0.2) is 0 Å². The number of amides is 1. The Morgan fingerprint density at radius 3 is 2.42 bits per heavy atom. The highest BCUT2D eigenvalue weighted by Crippen LogP contribution is 2.22. The first-order chi connectivity index (χ1) is 9.06. The molecule has 0 bridgehead atoms. The molecule has 1 heterocycles. The van der Waals surface area contributed by atoms with Crippen LogP contribution in [0.25, 0.3) is 0 Å². The van der Waals surface area contributed by atoms with E-state index >= 15 is 0 Å². The molecule has 0 N–H and O–H groups in total. The molecule has 0 aromatic heterocycles. The molecule has 1 aliphatic rings. The van der Waals surface area contributed by atoms with Crippen LogP contribution < -0.4 is 0 Å². The summed E-state index contributed by atoms with van der Waals surface area (Å²) < 4.78 is 7.16. The zero-order chi connectivity index (χ0) is 13.8. The Bertz CT molecular complexity index is 439. The van der Waals surface area contributed by atoms with E-state index in [-0.39, 0.29) is 5.91 Å². The van der Waals surface area contributed by atoms with Crippen molar-refractivity contribution >= 4 is 37.8 Å². The second-order valence-electron chi connectivity index (χ2n) is 4.90.